The summed E-state index contributed by atoms with van der Waals surface area (Å²) in [6.07, 6.45) is 5.11. The molecule has 2 saturated heterocycles. The average Bonchev–Trinajstić information content (AvgIpc) is 2.72. The van der Waals surface area contributed by atoms with Crippen molar-refractivity contribution in [3.8, 4) is 0 Å². The summed E-state index contributed by atoms with van der Waals surface area (Å²) in [7, 11) is 2.23. The Balaban J connectivity index is 1.87. The predicted octanol–water partition coefficient (Wildman–Crippen LogP) is 1.72. The van der Waals surface area contributed by atoms with E-state index in [9.17, 15) is 0 Å². The highest BCUT2D eigenvalue weighted by atomic mass is 16.5. The lowest BCUT2D eigenvalue weighted by Gasteiger charge is -2.35. The van der Waals surface area contributed by atoms with Crippen LogP contribution in [0, 0.1) is 6.92 Å². The van der Waals surface area contributed by atoms with Gasteiger partial charge in [0.25, 0.3) is 0 Å². The van der Waals surface area contributed by atoms with Crippen molar-refractivity contribution in [2.75, 3.05) is 7.05 Å². The molecule has 0 aliphatic carbocycles. The van der Waals surface area contributed by atoms with Gasteiger partial charge in [-0.3, -0.25) is 4.90 Å². The molecule has 4 nitrogen and oxygen atoms in total. The van der Waals surface area contributed by atoms with Gasteiger partial charge in [-0.25, -0.2) is 0 Å². The number of nitrogens with zero attached hydrogens (tertiary/aromatic N) is 3. The fourth-order valence-electron chi connectivity index (χ4n) is 3.19. The van der Waals surface area contributed by atoms with Gasteiger partial charge in [0.05, 0.1) is 5.92 Å². The molecule has 2 aliphatic rings. The molecule has 15 heavy (non-hydrogen) atoms. The summed E-state index contributed by atoms with van der Waals surface area (Å²) in [5, 5.41) is 3.89. The molecular formula is C11H17N3O. The van der Waals surface area contributed by atoms with E-state index in [0.717, 1.165) is 17.8 Å². The summed E-state index contributed by atoms with van der Waals surface area (Å²) >= 11 is 0. The molecule has 0 unspecified atom stereocenters. The molecule has 0 saturated carbocycles. The van der Waals surface area contributed by atoms with Gasteiger partial charge in [-0.05, 0) is 39.7 Å². The van der Waals surface area contributed by atoms with Gasteiger partial charge in [-0.2, -0.15) is 4.98 Å². The minimum absolute atomic E-state index is 0.468. The lowest BCUT2D eigenvalue weighted by molar-refractivity contribution is 0.138. The molecule has 1 aromatic heterocycles. The van der Waals surface area contributed by atoms with E-state index in [4.69, 9.17) is 4.52 Å². The van der Waals surface area contributed by atoms with Gasteiger partial charge in [0.2, 0.25) is 5.89 Å². The van der Waals surface area contributed by atoms with E-state index in [0.29, 0.717) is 12.0 Å². The second-order valence-corrected chi connectivity index (χ2v) is 4.83. The van der Waals surface area contributed by atoms with Gasteiger partial charge in [-0.15, -0.1) is 0 Å². The summed E-state index contributed by atoms with van der Waals surface area (Å²) < 4.78 is 5.31. The number of aromatic nitrogens is 2. The van der Waals surface area contributed by atoms with Crippen LogP contribution in [0.4, 0.5) is 0 Å². The number of likely N-dealkylation sites (N-methyl/N-ethyl adjacent to an activating group) is 1. The average molecular weight is 207 g/mol. The number of piperidine rings is 1. The molecule has 0 radical (unpaired) electrons. The van der Waals surface area contributed by atoms with Crippen molar-refractivity contribution in [1.29, 1.82) is 0 Å². The molecule has 3 rings (SSSR count). The third-order valence-electron chi connectivity index (χ3n) is 4.03. The third kappa shape index (κ3) is 1.39. The van der Waals surface area contributed by atoms with E-state index in [1.54, 1.807) is 0 Å². The van der Waals surface area contributed by atoms with Crippen molar-refractivity contribution in [2.45, 2.75) is 50.6 Å². The van der Waals surface area contributed by atoms with E-state index in [1.165, 1.54) is 25.7 Å². The number of aryl methyl sites for hydroxylation is 1. The number of hydrogen-bond donors (Lipinski definition) is 0. The second kappa shape index (κ2) is 3.30. The molecular weight excluding hydrogens is 190 g/mol. The predicted molar refractivity (Wildman–Crippen MR) is 55.6 cm³/mol. The highest BCUT2D eigenvalue weighted by Gasteiger charge is 2.42. The van der Waals surface area contributed by atoms with E-state index in [1.807, 2.05) is 6.92 Å². The van der Waals surface area contributed by atoms with Crippen molar-refractivity contribution >= 4 is 0 Å². The number of hydrogen-bond acceptors (Lipinski definition) is 4. The van der Waals surface area contributed by atoms with Crippen LogP contribution in [0.25, 0.3) is 0 Å². The van der Waals surface area contributed by atoms with Crippen molar-refractivity contribution in [1.82, 2.24) is 15.0 Å². The van der Waals surface area contributed by atoms with Crippen LogP contribution in [0.5, 0.6) is 0 Å². The van der Waals surface area contributed by atoms with Crippen LogP contribution in [-0.2, 0) is 0 Å². The SMILES string of the molecule is Cc1noc([C@H]2CC[C@H]3CC[C@@H]2N3C)n1. The largest absolute Gasteiger partial charge is 0.339 e. The van der Waals surface area contributed by atoms with Gasteiger partial charge in [0, 0.05) is 12.1 Å². The Labute approximate surface area is 89.6 Å². The first-order valence-electron chi connectivity index (χ1n) is 5.78. The summed E-state index contributed by atoms with van der Waals surface area (Å²) in [5.74, 6) is 2.08. The normalized spacial score (nSPS) is 36.0. The van der Waals surface area contributed by atoms with Crippen LogP contribution in [-0.4, -0.2) is 34.2 Å². The summed E-state index contributed by atoms with van der Waals surface area (Å²) in [6.45, 7) is 1.89. The molecule has 3 heterocycles. The summed E-state index contributed by atoms with van der Waals surface area (Å²) in [6, 6.07) is 1.43. The van der Waals surface area contributed by atoms with Crippen LogP contribution < -0.4 is 0 Å². The maximum Gasteiger partial charge on any atom is 0.231 e. The summed E-state index contributed by atoms with van der Waals surface area (Å²) in [5.41, 5.74) is 0. The van der Waals surface area contributed by atoms with Gasteiger partial charge < -0.3 is 4.52 Å². The molecule has 2 bridgehead atoms. The van der Waals surface area contributed by atoms with Crippen LogP contribution in [0.2, 0.25) is 0 Å². The molecule has 2 fully saturated rings. The lowest BCUT2D eigenvalue weighted by Crippen LogP contribution is -2.40. The molecule has 3 atom stereocenters. The monoisotopic (exact) mass is 207 g/mol. The number of fused-ring (bicyclic) bond motifs is 2. The molecule has 82 valence electrons. The van der Waals surface area contributed by atoms with Crippen LogP contribution in [0.3, 0.4) is 0 Å². The molecule has 2 aliphatic heterocycles. The van der Waals surface area contributed by atoms with E-state index in [-0.39, 0.29) is 0 Å². The van der Waals surface area contributed by atoms with Crippen LogP contribution >= 0.6 is 0 Å². The minimum atomic E-state index is 0.468. The lowest BCUT2D eigenvalue weighted by atomic mass is 9.90. The minimum Gasteiger partial charge on any atom is -0.339 e. The fourth-order valence-corrected chi connectivity index (χ4v) is 3.19. The quantitative estimate of drug-likeness (QED) is 0.703. The Hall–Kier alpha value is -0.900. The van der Waals surface area contributed by atoms with E-state index < -0.39 is 0 Å². The second-order valence-electron chi connectivity index (χ2n) is 4.83. The number of rotatable bonds is 1. The highest BCUT2D eigenvalue weighted by Crippen LogP contribution is 2.42. The van der Waals surface area contributed by atoms with Gasteiger partial charge in [-0.1, -0.05) is 5.16 Å². The topological polar surface area (TPSA) is 42.2 Å². The van der Waals surface area contributed by atoms with Crippen molar-refractivity contribution in [3.63, 3.8) is 0 Å². The molecule has 0 N–H and O–H groups in total. The van der Waals surface area contributed by atoms with Crippen LogP contribution in [0.15, 0.2) is 4.52 Å². The Morgan fingerprint density at radius 1 is 1.27 bits per heavy atom. The molecule has 0 spiro atoms. The zero-order valence-corrected chi connectivity index (χ0v) is 9.31. The Kier molecular flexibility index (Phi) is 2.06. The Morgan fingerprint density at radius 3 is 2.80 bits per heavy atom. The zero-order chi connectivity index (χ0) is 10.4. The first kappa shape index (κ1) is 9.33. The van der Waals surface area contributed by atoms with Crippen molar-refractivity contribution in [3.05, 3.63) is 11.7 Å². The molecule has 1 aromatic rings. The Bertz CT molecular complexity index is 362. The van der Waals surface area contributed by atoms with Gasteiger partial charge >= 0.3 is 0 Å². The first-order valence-corrected chi connectivity index (χ1v) is 5.78. The highest BCUT2D eigenvalue weighted by molar-refractivity contribution is 5.06. The fraction of sp³-hybridized carbons (Fsp3) is 0.818. The zero-order valence-electron chi connectivity index (χ0n) is 9.31. The van der Waals surface area contributed by atoms with Crippen LogP contribution in [0.1, 0.15) is 43.3 Å². The summed E-state index contributed by atoms with van der Waals surface area (Å²) in [4.78, 5) is 6.89. The standard InChI is InChI=1S/C11H17N3O/c1-7-12-11(15-13-7)9-5-3-8-4-6-10(9)14(8)2/h8-10H,3-6H2,1-2H3/t8-,9-,10-/m0/s1. The van der Waals surface area contributed by atoms with Crippen molar-refractivity contribution in [2.24, 2.45) is 0 Å². The van der Waals surface area contributed by atoms with Gasteiger partial charge in [0.1, 0.15) is 0 Å². The molecule has 0 amide bonds. The maximum absolute atomic E-state index is 5.31. The third-order valence-corrected chi connectivity index (χ3v) is 4.03. The Morgan fingerprint density at radius 2 is 2.07 bits per heavy atom. The van der Waals surface area contributed by atoms with E-state index >= 15 is 0 Å². The maximum atomic E-state index is 5.31. The molecule has 4 heteroatoms. The first-order chi connectivity index (χ1) is 7.25. The van der Waals surface area contributed by atoms with E-state index in [2.05, 4.69) is 22.1 Å². The molecule has 0 aromatic carbocycles. The van der Waals surface area contributed by atoms with Crippen molar-refractivity contribution < 1.29 is 4.52 Å². The smallest absolute Gasteiger partial charge is 0.231 e. The van der Waals surface area contributed by atoms with Gasteiger partial charge in [0.15, 0.2) is 5.82 Å².